The lowest BCUT2D eigenvalue weighted by Crippen LogP contribution is -2.39. The summed E-state index contributed by atoms with van der Waals surface area (Å²) in [6.45, 7) is 2.08. The van der Waals surface area contributed by atoms with Gasteiger partial charge in [0.15, 0.2) is 5.69 Å². The summed E-state index contributed by atoms with van der Waals surface area (Å²) in [5.41, 5.74) is 1.75. The van der Waals surface area contributed by atoms with E-state index in [-0.39, 0.29) is 23.7 Å². The molecule has 0 aliphatic carbocycles. The second kappa shape index (κ2) is 8.07. The van der Waals surface area contributed by atoms with Crippen LogP contribution in [0, 0.1) is 5.82 Å². The summed E-state index contributed by atoms with van der Waals surface area (Å²) in [6.07, 6.45) is -0.975. The van der Waals surface area contributed by atoms with Crippen molar-refractivity contribution in [3.8, 4) is 17.1 Å². The average Bonchev–Trinajstić information content (AvgIpc) is 3.52. The first-order valence-corrected chi connectivity index (χ1v) is 10.8. The molecule has 0 saturated heterocycles. The van der Waals surface area contributed by atoms with Crippen LogP contribution in [-0.2, 0) is 26.7 Å². The monoisotopic (exact) mass is 487 g/mol. The summed E-state index contributed by atoms with van der Waals surface area (Å²) in [4.78, 5) is 15.2. The van der Waals surface area contributed by atoms with E-state index in [1.54, 1.807) is 37.3 Å². The van der Waals surface area contributed by atoms with Gasteiger partial charge in [-0.3, -0.25) is 14.2 Å². The minimum Gasteiger partial charge on any atom is -0.330 e. The minimum absolute atomic E-state index is 0.154. The van der Waals surface area contributed by atoms with E-state index in [1.165, 1.54) is 39.3 Å². The topological polar surface area (TPSA) is 73.8 Å². The quantitative estimate of drug-likeness (QED) is 0.411. The van der Waals surface area contributed by atoms with Crippen LogP contribution >= 0.6 is 0 Å². The molecule has 3 aromatic heterocycles. The molecule has 1 aliphatic heterocycles. The van der Waals surface area contributed by atoms with E-state index < -0.39 is 23.7 Å². The lowest BCUT2D eigenvalue weighted by molar-refractivity contribution is -0.141. The first-order chi connectivity index (χ1) is 16.6. The van der Waals surface area contributed by atoms with Gasteiger partial charge >= 0.3 is 6.18 Å². The van der Waals surface area contributed by atoms with Crippen LogP contribution in [-0.4, -0.2) is 46.7 Å². The van der Waals surface area contributed by atoms with Gasteiger partial charge in [0.2, 0.25) is 0 Å². The molecule has 12 heteroatoms. The van der Waals surface area contributed by atoms with Gasteiger partial charge in [0.25, 0.3) is 5.91 Å². The number of carbonyl (C=O) groups excluding carboxylic acids is 1. The number of aromatic nitrogens is 6. The molecular formula is C23H21F4N7O. The second-order valence-electron chi connectivity index (χ2n) is 8.41. The molecule has 35 heavy (non-hydrogen) atoms. The Hall–Kier alpha value is -3.96. The number of hydrogen-bond donors (Lipinski definition) is 0. The van der Waals surface area contributed by atoms with Gasteiger partial charge in [-0.2, -0.15) is 28.5 Å². The maximum absolute atomic E-state index is 14.1. The predicted octanol–water partition coefficient (Wildman–Crippen LogP) is 3.92. The van der Waals surface area contributed by atoms with Crippen molar-refractivity contribution in [3.63, 3.8) is 0 Å². The maximum Gasteiger partial charge on any atom is 0.435 e. The van der Waals surface area contributed by atoms with Crippen LogP contribution in [0.4, 0.5) is 17.6 Å². The van der Waals surface area contributed by atoms with E-state index in [2.05, 4.69) is 15.3 Å². The van der Waals surface area contributed by atoms with Crippen molar-refractivity contribution in [2.45, 2.75) is 25.6 Å². The Balaban J connectivity index is 1.52. The minimum atomic E-state index is -4.57. The van der Waals surface area contributed by atoms with Gasteiger partial charge in [0.05, 0.1) is 34.4 Å². The predicted molar refractivity (Wildman–Crippen MR) is 117 cm³/mol. The summed E-state index contributed by atoms with van der Waals surface area (Å²) in [6, 6.07) is 6.15. The molecular weight excluding hydrogens is 466 g/mol. The van der Waals surface area contributed by atoms with E-state index in [0.29, 0.717) is 23.5 Å². The Bertz CT molecular complexity index is 1420. The lowest BCUT2D eigenvalue weighted by atomic mass is 9.96. The van der Waals surface area contributed by atoms with Crippen molar-refractivity contribution in [2.24, 2.45) is 14.1 Å². The van der Waals surface area contributed by atoms with Crippen molar-refractivity contribution in [1.29, 1.82) is 0 Å². The summed E-state index contributed by atoms with van der Waals surface area (Å²) in [5, 5.41) is 12.3. The highest BCUT2D eigenvalue weighted by molar-refractivity contribution is 5.98. The van der Waals surface area contributed by atoms with Crippen LogP contribution in [0.5, 0.6) is 0 Å². The SMILES string of the molecule is CC1c2nn(C)c(-c3cc(C(F)(F)F)nn3C)c2CCN1C(=O)c1cc(F)ccc1-n1cccn1. The van der Waals surface area contributed by atoms with Crippen molar-refractivity contribution < 1.29 is 22.4 Å². The van der Waals surface area contributed by atoms with Crippen molar-refractivity contribution in [3.05, 3.63) is 71.1 Å². The Labute approximate surface area is 197 Å². The van der Waals surface area contributed by atoms with E-state index in [9.17, 15) is 22.4 Å². The highest BCUT2D eigenvalue weighted by Gasteiger charge is 2.38. The second-order valence-corrected chi connectivity index (χ2v) is 8.41. The van der Waals surface area contributed by atoms with E-state index in [1.807, 2.05) is 0 Å². The molecule has 182 valence electrons. The molecule has 4 aromatic rings. The molecule has 1 amide bonds. The lowest BCUT2D eigenvalue weighted by Gasteiger charge is -2.33. The Morgan fingerprint density at radius 1 is 1.11 bits per heavy atom. The van der Waals surface area contributed by atoms with Gasteiger partial charge in [-0.05, 0) is 43.7 Å². The third-order valence-corrected chi connectivity index (χ3v) is 6.26. The average molecular weight is 487 g/mol. The largest absolute Gasteiger partial charge is 0.435 e. The maximum atomic E-state index is 14.1. The molecule has 4 heterocycles. The Morgan fingerprint density at radius 2 is 1.89 bits per heavy atom. The zero-order valence-electron chi connectivity index (χ0n) is 19.1. The van der Waals surface area contributed by atoms with E-state index in [0.717, 1.165) is 11.6 Å². The molecule has 0 spiro atoms. The first kappa shape index (κ1) is 22.8. The Kier molecular flexibility index (Phi) is 5.26. The molecule has 1 aliphatic rings. The smallest absolute Gasteiger partial charge is 0.330 e. The summed E-state index contributed by atoms with van der Waals surface area (Å²) in [5.74, 6) is -0.938. The molecule has 0 bridgehead atoms. The number of hydrogen-bond acceptors (Lipinski definition) is 4. The van der Waals surface area contributed by atoms with Crippen molar-refractivity contribution >= 4 is 5.91 Å². The van der Waals surface area contributed by atoms with E-state index >= 15 is 0 Å². The van der Waals surface area contributed by atoms with Gasteiger partial charge in [-0.25, -0.2) is 9.07 Å². The standard InChI is InChI=1S/C23H21F4N7O/c1-13-20-15(21(32(3)30-20)18-12-19(23(25,26)27)29-31(18)2)7-10-33(13)22(35)16-11-14(24)5-6-17(16)34-9-4-8-28-34/h4-6,8-9,11-13H,7,10H2,1-3H3. The fourth-order valence-electron chi connectivity index (χ4n) is 4.61. The number of fused-ring (bicyclic) bond motifs is 1. The van der Waals surface area contributed by atoms with Crippen molar-refractivity contribution in [2.75, 3.05) is 6.54 Å². The van der Waals surface area contributed by atoms with Crippen LogP contribution in [0.2, 0.25) is 0 Å². The normalized spacial score (nSPS) is 16.0. The number of aryl methyl sites for hydroxylation is 2. The van der Waals surface area contributed by atoms with Crippen LogP contribution < -0.4 is 0 Å². The molecule has 5 rings (SSSR count). The molecule has 0 N–H and O–H groups in total. The zero-order chi connectivity index (χ0) is 25.1. The number of halogens is 4. The number of carbonyl (C=O) groups is 1. The van der Waals surface area contributed by atoms with Crippen LogP contribution in [0.15, 0.2) is 42.7 Å². The highest BCUT2D eigenvalue weighted by Crippen LogP contribution is 2.38. The van der Waals surface area contributed by atoms with Crippen LogP contribution in [0.25, 0.3) is 17.1 Å². The first-order valence-electron chi connectivity index (χ1n) is 10.8. The molecule has 0 saturated carbocycles. The van der Waals surface area contributed by atoms with Crippen molar-refractivity contribution in [1.82, 2.24) is 34.2 Å². The third-order valence-electron chi connectivity index (χ3n) is 6.26. The molecule has 1 atom stereocenters. The third kappa shape index (κ3) is 3.78. The number of rotatable bonds is 3. The number of amides is 1. The summed E-state index contributed by atoms with van der Waals surface area (Å²) < 4.78 is 58.0. The molecule has 1 aromatic carbocycles. The summed E-state index contributed by atoms with van der Waals surface area (Å²) >= 11 is 0. The van der Waals surface area contributed by atoms with Crippen LogP contribution in [0.3, 0.4) is 0 Å². The summed E-state index contributed by atoms with van der Waals surface area (Å²) in [7, 11) is 3.10. The van der Waals surface area contributed by atoms with Crippen LogP contribution in [0.1, 0.15) is 40.3 Å². The number of alkyl halides is 3. The molecule has 0 radical (unpaired) electrons. The Morgan fingerprint density at radius 3 is 2.54 bits per heavy atom. The number of benzene rings is 1. The van der Waals surface area contributed by atoms with Gasteiger partial charge in [-0.15, -0.1) is 0 Å². The van der Waals surface area contributed by atoms with Gasteiger partial charge in [0, 0.05) is 38.6 Å². The van der Waals surface area contributed by atoms with Gasteiger partial charge in [-0.1, -0.05) is 0 Å². The van der Waals surface area contributed by atoms with E-state index in [4.69, 9.17) is 0 Å². The van der Waals surface area contributed by atoms with Gasteiger partial charge in [0.1, 0.15) is 5.82 Å². The molecule has 8 nitrogen and oxygen atoms in total. The zero-order valence-corrected chi connectivity index (χ0v) is 19.1. The molecule has 1 unspecified atom stereocenters. The highest BCUT2D eigenvalue weighted by atomic mass is 19.4. The molecule has 0 fully saturated rings. The fourth-order valence-corrected chi connectivity index (χ4v) is 4.61. The van der Waals surface area contributed by atoms with Gasteiger partial charge < -0.3 is 4.90 Å². The number of nitrogens with zero attached hydrogens (tertiary/aromatic N) is 7. The fraction of sp³-hybridized carbons (Fsp3) is 0.304.